The summed E-state index contributed by atoms with van der Waals surface area (Å²) in [5, 5.41) is 0. The Morgan fingerprint density at radius 3 is 2.29 bits per heavy atom. The largest absolute Gasteiger partial charge is 0.102 e. The Balaban J connectivity index is 0.00000190. The Morgan fingerprint density at radius 2 is 1.68 bits per heavy atom. The maximum absolute atomic E-state index is 4.18. The van der Waals surface area contributed by atoms with Crippen LogP contribution in [-0.2, 0) is 0 Å². The van der Waals surface area contributed by atoms with Gasteiger partial charge in [-0.3, -0.25) is 0 Å². The molecule has 0 aromatic carbocycles. The van der Waals surface area contributed by atoms with E-state index in [0.717, 1.165) is 11.8 Å². The standard InChI is InChI=1S/C26H42.C2H6/c1-8-23-14-13-20(5)19(4)11-10-12-25-16-18(3)15-24(9-2)26(25)22(7)17-21(23)6;1-2/h9-10,12-15,19-26H,2,8,11,16-17H2,1,3-7H3;1-2H3/b12-10+,14-13-;. The molecule has 0 aliphatic heterocycles. The predicted octanol–water partition coefficient (Wildman–Crippen LogP) is 8.87. The van der Waals surface area contributed by atoms with Crippen molar-refractivity contribution < 1.29 is 0 Å². The molecule has 28 heavy (non-hydrogen) atoms. The van der Waals surface area contributed by atoms with E-state index in [9.17, 15) is 0 Å². The molecule has 0 spiro atoms. The summed E-state index contributed by atoms with van der Waals surface area (Å²) in [5.74, 6) is 5.44. The monoisotopic (exact) mass is 384 g/mol. The molecule has 0 heterocycles. The van der Waals surface area contributed by atoms with Crippen LogP contribution in [-0.4, -0.2) is 0 Å². The molecule has 2 rings (SSSR count). The SMILES string of the molecule is C=CC1C=C(C)CC2/C=C/CC(C)C(C)/C=C\C(CC)C(C)CC(C)C12.CC. The number of rotatable bonds is 2. The molecule has 0 nitrogen and oxygen atoms in total. The first-order valence-corrected chi connectivity index (χ1v) is 12.0. The number of hydrogen-bond acceptors (Lipinski definition) is 0. The molecule has 8 atom stereocenters. The van der Waals surface area contributed by atoms with E-state index in [2.05, 4.69) is 84.6 Å². The van der Waals surface area contributed by atoms with Gasteiger partial charge in [-0.15, -0.1) is 6.58 Å². The highest BCUT2D eigenvalue weighted by Crippen LogP contribution is 2.43. The molecule has 160 valence electrons. The maximum Gasteiger partial charge on any atom is -0.00170 e. The van der Waals surface area contributed by atoms with Crippen LogP contribution in [0.15, 0.2) is 48.6 Å². The van der Waals surface area contributed by atoms with Crippen LogP contribution in [0.1, 0.15) is 81.1 Å². The fourth-order valence-electron chi connectivity index (χ4n) is 5.36. The molecule has 0 saturated heterocycles. The van der Waals surface area contributed by atoms with Crippen molar-refractivity contribution >= 4 is 0 Å². The minimum Gasteiger partial charge on any atom is -0.102 e. The van der Waals surface area contributed by atoms with Gasteiger partial charge in [0.1, 0.15) is 0 Å². The summed E-state index contributed by atoms with van der Waals surface area (Å²) in [5.41, 5.74) is 1.54. The van der Waals surface area contributed by atoms with Gasteiger partial charge >= 0.3 is 0 Å². The van der Waals surface area contributed by atoms with Crippen molar-refractivity contribution in [2.45, 2.75) is 81.1 Å². The van der Waals surface area contributed by atoms with Crippen molar-refractivity contribution in [3.8, 4) is 0 Å². The van der Waals surface area contributed by atoms with Gasteiger partial charge in [-0.2, -0.15) is 0 Å². The van der Waals surface area contributed by atoms with E-state index >= 15 is 0 Å². The quantitative estimate of drug-likeness (QED) is 0.417. The summed E-state index contributed by atoms with van der Waals surface area (Å²) >= 11 is 0. The van der Waals surface area contributed by atoms with Crippen molar-refractivity contribution in [3.63, 3.8) is 0 Å². The summed E-state index contributed by atoms with van der Waals surface area (Å²) in [7, 11) is 0. The average Bonchev–Trinajstić information content (AvgIpc) is 2.68. The predicted molar refractivity (Wildman–Crippen MR) is 128 cm³/mol. The van der Waals surface area contributed by atoms with Gasteiger partial charge in [0.15, 0.2) is 0 Å². The lowest BCUT2D eigenvalue weighted by molar-refractivity contribution is 0.183. The Bertz CT molecular complexity index is 534. The highest BCUT2D eigenvalue weighted by molar-refractivity contribution is 5.18. The number of hydrogen-bond donors (Lipinski definition) is 0. The summed E-state index contributed by atoms with van der Waals surface area (Å²) in [6, 6.07) is 0. The van der Waals surface area contributed by atoms with E-state index in [1.807, 2.05) is 13.8 Å². The first-order chi connectivity index (χ1) is 13.4. The van der Waals surface area contributed by atoms with Crippen LogP contribution in [0.4, 0.5) is 0 Å². The third-order valence-electron chi connectivity index (χ3n) is 7.30. The minimum absolute atomic E-state index is 0.526. The van der Waals surface area contributed by atoms with Gasteiger partial charge in [0.2, 0.25) is 0 Å². The molecule has 0 saturated carbocycles. The molecule has 0 aromatic heterocycles. The van der Waals surface area contributed by atoms with Gasteiger partial charge in [-0.1, -0.05) is 90.5 Å². The zero-order chi connectivity index (χ0) is 21.3. The molecule has 8 unspecified atom stereocenters. The molecular weight excluding hydrogens is 336 g/mol. The Labute approximate surface area is 177 Å². The number of fused-ring (bicyclic) bond motifs is 1. The van der Waals surface area contributed by atoms with E-state index in [1.165, 1.54) is 25.7 Å². The smallest absolute Gasteiger partial charge is 0.00170 e. The summed E-state index contributed by atoms with van der Waals surface area (Å²) < 4.78 is 0. The molecule has 2 aliphatic rings. The van der Waals surface area contributed by atoms with Crippen LogP contribution in [0.2, 0.25) is 0 Å². The van der Waals surface area contributed by atoms with Crippen LogP contribution in [0.5, 0.6) is 0 Å². The van der Waals surface area contributed by atoms with Crippen LogP contribution in [0.25, 0.3) is 0 Å². The summed E-state index contributed by atoms with van der Waals surface area (Å²) in [4.78, 5) is 0. The van der Waals surface area contributed by atoms with Crippen molar-refractivity contribution in [3.05, 3.63) is 48.6 Å². The lowest BCUT2D eigenvalue weighted by atomic mass is 9.65. The maximum atomic E-state index is 4.18. The molecule has 0 aromatic rings. The molecule has 0 amide bonds. The first kappa shape index (κ1) is 25.0. The Hall–Kier alpha value is -1.04. The molecule has 0 heteroatoms. The lowest BCUT2D eigenvalue weighted by Crippen LogP contribution is -2.31. The molecular formula is C28H48. The van der Waals surface area contributed by atoms with Gasteiger partial charge in [0.05, 0.1) is 0 Å². The fourth-order valence-corrected chi connectivity index (χ4v) is 5.36. The van der Waals surface area contributed by atoms with Gasteiger partial charge in [-0.25, -0.2) is 0 Å². The minimum atomic E-state index is 0.526. The highest BCUT2D eigenvalue weighted by atomic mass is 14.4. The molecule has 0 radical (unpaired) electrons. The summed E-state index contributed by atoms with van der Waals surface area (Å²) in [6.07, 6.45) is 19.8. The van der Waals surface area contributed by atoms with Gasteiger partial charge in [0.25, 0.3) is 0 Å². The second-order valence-electron chi connectivity index (χ2n) is 9.42. The third kappa shape index (κ3) is 6.78. The summed E-state index contributed by atoms with van der Waals surface area (Å²) in [6.45, 7) is 22.6. The molecule has 0 bridgehead atoms. The molecule has 2 aliphatic carbocycles. The van der Waals surface area contributed by atoms with Crippen LogP contribution < -0.4 is 0 Å². The topological polar surface area (TPSA) is 0 Å². The first-order valence-electron chi connectivity index (χ1n) is 12.0. The third-order valence-corrected chi connectivity index (χ3v) is 7.30. The highest BCUT2D eigenvalue weighted by Gasteiger charge is 2.34. The van der Waals surface area contributed by atoms with Crippen LogP contribution >= 0.6 is 0 Å². The van der Waals surface area contributed by atoms with Crippen LogP contribution in [0, 0.1) is 47.3 Å². The van der Waals surface area contributed by atoms with Gasteiger partial charge in [-0.05, 0) is 80.0 Å². The van der Waals surface area contributed by atoms with E-state index in [4.69, 9.17) is 0 Å². The average molecular weight is 385 g/mol. The van der Waals surface area contributed by atoms with Gasteiger partial charge < -0.3 is 0 Å². The van der Waals surface area contributed by atoms with Crippen molar-refractivity contribution in [2.24, 2.45) is 47.3 Å². The van der Waals surface area contributed by atoms with Crippen molar-refractivity contribution in [1.29, 1.82) is 0 Å². The van der Waals surface area contributed by atoms with E-state index in [0.29, 0.717) is 35.5 Å². The van der Waals surface area contributed by atoms with E-state index in [-0.39, 0.29) is 0 Å². The Kier molecular flexibility index (Phi) is 11.2. The Morgan fingerprint density at radius 1 is 1.00 bits per heavy atom. The van der Waals surface area contributed by atoms with E-state index < -0.39 is 0 Å². The molecule has 0 fully saturated rings. The van der Waals surface area contributed by atoms with Crippen molar-refractivity contribution in [1.82, 2.24) is 0 Å². The second kappa shape index (κ2) is 12.5. The second-order valence-corrected chi connectivity index (χ2v) is 9.42. The van der Waals surface area contributed by atoms with Crippen molar-refractivity contribution in [2.75, 3.05) is 0 Å². The fraction of sp³-hybridized carbons (Fsp3) is 0.714. The van der Waals surface area contributed by atoms with E-state index in [1.54, 1.807) is 5.57 Å². The zero-order valence-electron chi connectivity index (χ0n) is 20.1. The normalized spacial score (nSPS) is 41.5. The van der Waals surface area contributed by atoms with Crippen LogP contribution in [0.3, 0.4) is 0 Å². The lowest BCUT2D eigenvalue weighted by Gasteiger charge is -2.39. The zero-order valence-corrected chi connectivity index (χ0v) is 20.1. The van der Waals surface area contributed by atoms with Gasteiger partial charge in [0, 0.05) is 0 Å². The molecule has 0 N–H and O–H groups in total. The number of allylic oxidation sites excluding steroid dienone is 7.